The van der Waals surface area contributed by atoms with Crippen LogP contribution in [0.5, 0.6) is 5.75 Å². The first-order valence-electron chi connectivity index (χ1n) is 16.7. The summed E-state index contributed by atoms with van der Waals surface area (Å²) in [6.07, 6.45) is 2.46. The first-order valence-corrected chi connectivity index (χ1v) is 17.1. The Hall–Kier alpha value is -5.34. The van der Waals surface area contributed by atoms with Crippen molar-refractivity contribution in [2.24, 2.45) is 23.7 Å². The van der Waals surface area contributed by atoms with Gasteiger partial charge in [-0.3, -0.25) is 28.9 Å². The maximum Gasteiger partial charge on any atom is 0.246 e. The zero-order chi connectivity index (χ0) is 35.1. The van der Waals surface area contributed by atoms with E-state index in [0.717, 1.165) is 11.1 Å². The third kappa shape index (κ3) is 4.47. The van der Waals surface area contributed by atoms with Crippen LogP contribution in [0.15, 0.2) is 109 Å². The molecule has 2 aliphatic carbocycles. The highest BCUT2D eigenvalue weighted by Crippen LogP contribution is 2.64. The molecule has 3 fully saturated rings. The highest BCUT2D eigenvalue weighted by molar-refractivity contribution is 6.32. The summed E-state index contributed by atoms with van der Waals surface area (Å²) >= 11 is 6.39. The second-order valence-corrected chi connectivity index (χ2v) is 14.2. The molecule has 6 atom stereocenters. The molecule has 2 saturated heterocycles. The van der Waals surface area contributed by atoms with Crippen LogP contribution >= 0.6 is 11.6 Å². The summed E-state index contributed by atoms with van der Waals surface area (Å²) in [5.41, 5.74) is 2.67. The third-order valence-corrected chi connectivity index (χ3v) is 11.5. The lowest BCUT2D eigenvalue weighted by atomic mass is 9.49. The number of aromatic hydroxyl groups is 1. The quantitative estimate of drug-likeness (QED) is 0.139. The number of anilines is 2. The van der Waals surface area contributed by atoms with Gasteiger partial charge in [0.25, 0.3) is 0 Å². The summed E-state index contributed by atoms with van der Waals surface area (Å²) in [5, 5.41) is 10.9. The Morgan fingerprint density at radius 1 is 0.800 bits per heavy atom. The van der Waals surface area contributed by atoms with Gasteiger partial charge in [-0.2, -0.15) is 0 Å². The average molecular weight is 685 g/mol. The number of hydrogen-bond acceptors (Lipinski definition) is 6. The molecule has 1 N–H and O–H groups in total. The zero-order valence-electron chi connectivity index (χ0n) is 27.4. The van der Waals surface area contributed by atoms with E-state index in [-0.39, 0.29) is 42.1 Å². The number of carbonyl (C=O) groups excluding carboxylic acids is 5. The largest absolute Gasteiger partial charge is 0.508 e. The van der Waals surface area contributed by atoms with Crippen molar-refractivity contribution in [3.8, 4) is 5.75 Å². The number of aryl methyl sites for hydroxylation is 1. The highest BCUT2D eigenvalue weighted by Gasteiger charge is 2.70. The first kappa shape index (κ1) is 31.9. The van der Waals surface area contributed by atoms with Crippen molar-refractivity contribution in [2.75, 3.05) is 9.80 Å². The maximum atomic E-state index is 15.3. The lowest BCUT2D eigenvalue weighted by Gasteiger charge is -2.50. The molecule has 0 radical (unpaired) electrons. The van der Waals surface area contributed by atoms with Gasteiger partial charge in [-0.25, -0.2) is 4.90 Å². The van der Waals surface area contributed by atoms with Gasteiger partial charge in [0.05, 0.1) is 34.5 Å². The molecule has 0 aromatic heterocycles. The number of hydrogen-bond donors (Lipinski definition) is 1. The maximum absolute atomic E-state index is 15.3. The number of amides is 4. The van der Waals surface area contributed by atoms with Crippen molar-refractivity contribution in [2.45, 2.75) is 38.0 Å². The van der Waals surface area contributed by atoms with Gasteiger partial charge in [-0.15, -0.1) is 0 Å². The number of carbonyl (C=O) groups is 5. The van der Waals surface area contributed by atoms with E-state index in [0.29, 0.717) is 33.1 Å². The molecule has 0 bridgehead atoms. The number of halogens is 1. The van der Waals surface area contributed by atoms with E-state index >= 15 is 4.79 Å². The fourth-order valence-electron chi connectivity index (χ4n) is 9.08. The molecular weight excluding hydrogens is 652 g/mol. The number of benzene rings is 4. The molecule has 4 amide bonds. The van der Waals surface area contributed by atoms with Crippen LogP contribution < -0.4 is 9.80 Å². The summed E-state index contributed by atoms with van der Waals surface area (Å²) in [6, 6.07) is 27.7. The number of Topliss-reactive ketones (excluding diaryl/α,β-unsaturated/α-hetero) is 1. The van der Waals surface area contributed by atoms with Crippen LogP contribution in [0.3, 0.4) is 0 Å². The zero-order valence-corrected chi connectivity index (χ0v) is 28.1. The van der Waals surface area contributed by atoms with Gasteiger partial charge < -0.3 is 5.11 Å². The molecule has 0 spiro atoms. The fraction of sp³-hybridized carbons (Fsp3) is 0.244. The van der Waals surface area contributed by atoms with Crippen molar-refractivity contribution in [1.29, 1.82) is 0 Å². The molecule has 250 valence electrons. The van der Waals surface area contributed by atoms with Crippen LogP contribution in [0.4, 0.5) is 11.4 Å². The first-order chi connectivity index (χ1) is 24.0. The summed E-state index contributed by atoms with van der Waals surface area (Å²) in [4.78, 5) is 73.0. The fourth-order valence-corrected chi connectivity index (χ4v) is 9.26. The molecule has 4 aromatic rings. The summed E-state index contributed by atoms with van der Waals surface area (Å²) < 4.78 is 0. The van der Waals surface area contributed by atoms with Gasteiger partial charge in [0.15, 0.2) is 5.78 Å². The van der Waals surface area contributed by atoms with Crippen molar-refractivity contribution in [1.82, 2.24) is 0 Å². The Morgan fingerprint density at radius 3 is 2.22 bits per heavy atom. The second-order valence-electron chi connectivity index (χ2n) is 13.8. The van der Waals surface area contributed by atoms with Gasteiger partial charge in [0.1, 0.15) is 5.75 Å². The van der Waals surface area contributed by atoms with Crippen LogP contribution in [-0.2, 0) is 24.6 Å². The molecule has 4 aliphatic rings. The van der Waals surface area contributed by atoms with Crippen molar-refractivity contribution < 1.29 is 29.1 Å². The van der Waals surface area contributed by atoms with Gasteiger partial charge in [0.2, 0.25) is 23.6 Å². The normalized spacial score (nSPS) is 27.2. The van der Waals surface area contributed by atoms with Crippen LogP contribution in [0.2, 0.25) is 5.02 Å². The van der Waals surface area contributed by atoms with Crippen molar-refractivity contribution in [3.05, 3.63) is 136 Å². The van der Waals surface area contributed by atoms with E-state index in [4.69, 9.17) is 11.6 Å². The Labute approximate surface area is 294 Å². The minimum Gasteiger partial charge on any atom is -0.508 e. The van der Waals surface area contributed by atoms with E-state index in [1.54, 1.807) is 67.6 Å². The van der Waals surface area contributed by atoms with Crippen molar-refractivity contribution >= 4 is 52.4 Å². The molecule has 8 nitrogen and oxygen atoms in total. The van der Waals surface area contributed by atoms with Crippen LogP contribution in [0, 0.1) is 30.6 Å². The van der Waals surface area contributed by atoms with E-state index in [1.807, 2.05) is 42.5 Å². The number of rotatable bonds is 5. The van der Waals surface area contributed by atoms with Gasteiger partial charge >= 0.3 is 0 Å². The molecular formula is C41H33ClN2O6. The third-order valence-electron chi connectivity index (χ3n) is 11.3. The molecule has 4 aromatic carbocycles. The molecule has 8 rings (SSSR count). The average Bonchev–Trinajstić information content (AvgIpc) is 3.50. The summed E-state index contributed by atoms with van der Waals surface area (Å²) in [7, 11) is 0. The van der Waals surface area contributed by atoms with Crippen LogP contribution in [-0.4, -0.2) is 34.5 Å². The van der Waals surface area contributed by atoms with Gasteiger partial charge in [-0.1, -0.05) is 71.8 Å². The standard InChI is InChI=1S/C41H33ClN2O6/c1-22-19-25(13-18-34(22)46)36-30-16-17-31-35(39(49)43(37(31)47)28-14-11-24(12-15-28)23(2)45)32(30)21-33-38(48)44(29-10-6-9-27(42)20-29)40(50)41(33,36)26-7-4-3-5-8-26/h3-16,18-20,31-33,35-36,46H,17,21H2,1-2H3/t31-,32+,33-,35-,36-,41+/m0/s1. The number of imide groups is 2. The minimum absolute atomic E-state index is 0.0986. The molecule has 1 saturated carbocycles. The molecule has 9 heteroatoms. The summed E-state index contributed by atoms with van der Waals surface area (Å²) in [5.74, 6) is -5.00. The number of phenolic OH excluding ortho intramolecular Hbond substituents is 1. The molecule has 2 heterocycles. The van der Waals surface area contributed by atoms with E-state index in [1.165, 1.54) is 16.7 Å². The van der Waals surface area contributed by atoms with Crippen molar-refractivity contribution in [3.63, 3.8) is 0 Å². The SMILES string of the molecule is CC(=O)c1ccc(N2C(=O)[C@H]3[C@H](CC=C4[C@H]3C[C@H]3C(=O)N(c5cccc(Cl)c5)C(=O)[C@@]3(c3ccccc3)[C@H]4c3ccc(O)c(C)c3)C2=O)cc1. The van der Waals surface area contributed by atoms with Gasteiger partial charge in [0, 0.05) is 16.5 Å². The lowest BCUT2D eigenvalue weighted by Crippen LogP contribution is -2.53. The number of ketones is 1. The Balaban J connectivity index is 1.33. The lowest BCUT2D eigenvalue weighted by molar-refractivity contribution is -0.127. The molecule has 2 aliphatic heterocycles. The molecule has 0 unspecified atom stereocenters. The number of fused-ring (bicyclic) bond motifs is 4. The second kappa shape index (κ2) is 11.6. The van der Waals surface area contributed by atoms with E-state index in [2.05, 4.69) is 0 Å². The summed E-state index contributed by atoms with van der Waals surface area (Å²) in [6.45, 7) is 3.24. The predicted octanol–water partition coefficient (Wildman–Crippen LogP) is 6.92. The number of allylic oxidation sites excluding steroid dienone is 2. The predicted molar refractivity (Wildman–Crippen MR) is 188 cm³/mol. The Bertz CT molecular complexity index is 2160. The van der Waals surface area contributed by atoms with Crippen LogP contribution in [0.1, 0.15) is 52.7 Å². The topological polar surface area (TPSA) is 112 Å². The minimum atomic E-state index is -1.40. The number of phenols is 1. The Kier molecular flexibility index (Phi) is 7.42. The van der Waals surface area contributed by atoms with Crippen LogP contribution in [0.25, 0.3) is 0 Å². The monoisotopic (exact) mass is 684 g/mol. The highest BCUT2D eigenvalue weighted by atomic mass is 35.5. The van der Waals surface area contributed by atoms with Gasteiger partial charge in [-0.05, 0) is 97.8 Å². The molecule has 50 heavy (non-hydrogen) atoms. The van der Waals surface area contributed by atoms with E-state index in [9.17, 15) is 24.3 Å². The number of nitrogens with zero attached hydrogens (tertiary/aromatic N) is 2. The Morgan fingerprint density at radius 2 is 1.54 bits per heavy atom. The van der Waals surface area contributed by atoms with E-state index < -0.39 is 40.9 Å². The smallest absolute Gasteiger partial charge is 0.246 e.